The van der Waals surface area contributed by atoms with Crippen LogP contribution in [0.4, 0.5) is 0 Å². The van der Waals surface area contributed by atoms with E-state index in [1.54, 1.807) is 28.0 Å². The molecule has 2 heterocycles. The normalized spacial score (nSPS) is 10.5. The van der Waals surface area contributed by atoms with Gasteiger partial charge in [0, 0.05) is 12.4 Å². The number of carbonyl (C=O) groups excluding carboxylic acids is 1. The van der Waals surface area contributed by atoms with E-state index in [-0.39, 0.29) is 12.3 Å². The summed E-state index contributed by atoms with van der Waals surface area (Å²) in [6, 6.07) is 11.3. The van der Waals surface area contributed by atoms with Crippen LogP contribution in [-0.2, 0) is 11.3 Å². The Labute approximate surface area is 133 Å². The van der Waals surface area contributed by atoms with Gasteiger partial charge in [-0.15, -0.1) is 0 Å². The summed E-state index contributed by atoms with van der Waals surface area (Å²) in [5.41, 5.74) is 0.984. The highest BCUT2D eigenvalue weighted by Gasteiger charge is 2.19. The van der Waals surface area contributed by atoms with Crippen LogP contribution in [0.25, 0.3) is 5.69 Å². The summed E-state index contributed by atoms with van der Waals surface area (Å²) in [5.74, 6) is -0.151. The van der Waals surface area contributed by atoms with Gasteiger partial charge >= 0.3 is 5.97 Å². The largest absolute Gasteiger partial charge is 0.493 e. The molecule has 118 valence electrons. The minimum Gasteiger partial charge on any atom is -0.493 e. The second kappa shape index (κ2) is 6.78. The first-order valence-corrected chi connectivity index (χ1v) is 7.11. The minimum absolute atomic E-state index is 0.150. The Bertz CT molecular complexity index is 766. The maximum Gasteiger partial charge on any atom is 0.362 e. The maximum atomic E-state index is 12.2. The number of aromatic nitrogens is 4. The number of esters is 1. The highest BCUT2D eigenvalue weighted by Crippen LogP contribution is 2.20. The van der Waals surface area contributed by atoms with Crippen LogP contribution in [0.15, 0.2) is 55.0 Å². The third-order valence-electron chi connectivity index (χ3n) is 3.23. The quantitative estimate of drug-likeness (QED) is 0.650. The zero-order valence-electron chi connectivity index (χ0n) is 12.6. The zero-order chi connectivity index (χ0) is 16.1. The van der Waals surface area contributed by atoms with Crippen LogP contribution < -0.4 is 4.74 Å². The van der Waals surface area contributed by atoms with Gasteiger partial charge < -0.3 is 9.47 Å². The summed E-state index contributed by atoms with van der Waals surface area (Å²) in [6.07, 6.45) is 5.13. The van der Waals surface area contributed by atoms with Crippen molar-refractivity contribution in [2.75, 3.05) is 13.7 Å². The summed E-state index contributed by atoms with van der Waals surface area (Å²) >= 11 is 0. The van der Waals surface area contributed by atoms with E-state index in [0.717, 1.165) is 5.69 Å². The molecule has 0 atom stereocenters. The Balaban J connectivity index is 1.71. The molecule has 0 fully saturated rings. The molecule has 7 heteroatoms. The van der Waals surface area contributed by atoms with Crippen molar-refractivity contribution in [2.24, 2.45) is 0 Å². The Hall–Kier alpha value is -3.09. The molecule has 0 saturated heterocycles. The van der Waals surface area contributed by atoms with Crippen molar-refractivity contribution in [3.05, 3.63) is 60.7 Å². The predicted octanol–water partition coefficient (Wildman–Crippen LogP) is 1.93. The second-order valence-electron chi connectivity index (χ2n) is 4.73. The number of methoxy groups -OCH3 is 1. The van der Waals surface area contributed by atoms with E-state index in [0.29, 0.717) is 12.3 Å². The number of ether oxygens (including phenoxy) is 2. The first-order chi connectivity index (χ1) is 11.3. The van der Waals surface area contributed by atoms with Crippen molar-refractivity contribution in [3.63, 3.8) is 0 Å². The molecule has 0 unspecified atom stereocenters. The molecule has 0 aliphatic carbocycles. The molecule has 0 radical (unpaired) electrons. The molecule has 23 heavy (non-hydrogen) atoms. The Kier molecular flexibility index (Phi) is 4.37. The van der Waals surface area contributed by atoms with Crippen LogP contribution >= 0.6 is 0 Å². The Morgan fingerprint density at radius 2 is 2.04 bits per heavy atom. The molecule has 0 amide bonds. The third kappa shape index (κ3) is 3.39. The van der Waals surface area contributed by atoms with Gasteiger partial charge in [0.1, 0.15) is 6.61 Å². The number of rotatable bonds is 6. The molecule has 0 bridgehead atoms. The molecule has 1 aromatic carbocycles. The average molecular weight is 312 g/mol. The second-order valence-corrected chi connectivity index (χ2v) is 4.73. The number of hydrogen-bond acceptors (Lipinski definition) is 5. The number of para-hydroxylation sites is 1. The van der Waals surface area contributed by atoms with Gasteiger partial charge in [-0.2, -0.15) is 10.2 Å². The average Bonchev–Trinajstić information content (AvgIpc) is 3.25. The molecule has 2 aromatic heterocycles. The third-order valence-corrected chi connectivity index (χ3v) is 3.23. The molecule has 0 saturated carbocycles. The van der Waals surface area contributed by atoms with Crippen LogP contribution in [0, 0.1) is 0 Å². The van der Waals surface area contributed by atoms with Crippen LogP contribution in [0.1, 0.15) is 10.5 Å². The van der Waals surface area contributed by atoms with E-state index >= 15 is 0 Å². The van der Waals surface area contributed by atoms with Crippen molar-refractivity contribution < 1.29 is 14.3 Å². The standard InChI is InChI=1S/C16H16N4O3/c1-22-14-12-20(13-6-3-2-4-7-13)18-15(14)16(21)23-11-10-19-9-5-8-17-19/h2-9,12H,10-11H2,1H3. The fourth-order valence-corrected chi connectivity index (χ4v) is 2.09. The van der Waals surface area contributed by atoms with Gasteiger partial charge in [0.15, 0.2) is 5.75 Å². The summed E-state index contributed by atoms with van der Waals surface area (Å²) in [7, 11) is 1.49. The van der Waals surface area contributed by atoms with Gasteiger partial charge in [-0.1, -0.05) is 18.2 Å². The van der Waals surface area contributed by atoms with Gasteiger partial charge in [-0.25, -0.2) is 9.48 Å². The smallest absolute Gasteiger partial charge is 0.362 e. The fourth-order valence-electron chi connectivity index (χ4n) is 2.09. The summed E-state index contributed by atoms with van der Waals surface area (Å²) < 4.78 is 13.7. The topological polar surface area (TPSA) is 71.2 Å². The lowest BCUT2D eigenvalue weighted by Crippen LogP contribution is -2.13. The number of nitrogens with zero attached hydrogens (tertiary/aromatic N) is 4. The molecule has 3 rings (SSSR count). The van der Waals surface area contributed by atoms with Gasteiger partial charge in [-0.3, -0.25) is 4.68 Å². The lowest BCUT2D eigenvalue weighted by atomic mass is 10.3. The van der Waals surface area contributed by atoms with Crippen LogP contribution in [0.5, 0.6) is 5.75 Å². The van der Waals surface area contributed by atoms with Crippen molar-refractivity contribution in [1.82, 2.24) is 19.6 Å². The van der Waals surface area contributed by atoms with Crippen molar-refractivity contribution >= 4 is 5.97 Å². The summed E-state index contributed by atoms with van der Waals surface area (Å²) in [4.78, 5) is 12.2. The first kappa shape index (κ1) is 14.8. The zero-order valence-corrected chi connectivity index (χ0v) is 12.6. The van der Waals surface area contributed by atoms with E-state index in [9.17, 15) is 4.79 Å². The van der Waals surface area contributed by atoms with E-state index in [4.69, 9.17) is 9.47 Å². The minimum atomic E-state index is -0.524. The molecular formula is C16H16N4O3. The lowest BCUT2D eigenvalue weighted by Gasteiger charge is -2.04. The first-order valence-electron chi connectivity index (χ1n) is 7.11. The van der Waals surface area contributed by atoms with E-state index in [1.807, 2.05) is 36.4 Å². The Morgan fingerprint density at radius 3 is 2.74 bits per heavy atom. The molecule has 3 aromatic rings. The highest BCUT2D eigenvalue weighted by molar-refractivity contribution is 5.90. The van der Waals surface area contributed by atoms with Crippen LogP contribution in [-0.4, -0.2) is 39.2 Å². The van der Waals surface area contributed by atoms with Crippen molar-refractivity contribution in [1.29, 1.82) is 0 Å². The molecule has 0 aliphatic heterocycles. The van der Waals surface area contributed by atoms with Gasteiger partial charge in [-0.05, 0) is 18.2 Å². The number of carbonyl (C=O) groups is 1. The number of benzene rings is 1. The van der Waals surface area contributed by atoms with Gasteiger partial charge in [0.25, 0.3) is 0 Å². The molecule has 7 nitrogen and oxygen atoms in total. The summed E-state index contributed by atoms with van der Waals surface area (Å²) in [5, 5.41) is 8.31. The van der Waals surface area contributed by atoms with E-state index in [2.05, 4.69) is 10.2 Å². The van der Waals surface area contributed by atoms with Gasteiger partial charge in [0.2, 0.25) is 5.69 Å². The lowest BCUT2D eigenvalue weighted by molar-refractivity contribution is 0.0476. The highest BCUT2D eigenvalue weighted by atomic mass is 16.5. The molecular weight excluding hydrogens is 296 g/mol. The molecule has 0 aliphatic rings. The molecule has 0 N–H and O–H groups in total. The Morgan fingerprint density at radius 1 is 1.22 bits per heavy atom. The predicted molar refractivity (Wildman–Crippen MR) is 82.6 cm³/mol. The monoisotopic (exact) mass is 312 g/mol. The van der Waals surface area contributed by atoms with Crippen LogP contribution in [0.2, 0.25) is 0 Å². The van der Waals surface area contributed by atoms with Crippen molar-refractivity contribution in [3.8, 4) is 11.4 Å². The van der Waals surface area contributed by atoms with E-state index in [1.165, 1.54) is 7.11 Å². The molecule has 0 spiro atoms. The number of hydrogen-bond donors (Lipinski definition) is 0. The van der Waals surface area contributed by atoms with Crippen molar-refractivity contribution in [2.45, 2.75) is 6.54 Å². The van der Waals surface area contributed by atoms with E-state index < -0.39 is 5.97 Å². The maximum absolute atomic E-state index is 12.2. The summed E-state index contributed by atoms with van der Waals surface area (Å²) in [6.45, 7) is 0.697. The van der Waals surface area contributed by atoms with Crippen LogP contribution in [0.3, 0.4) is 0 Å². The SMILES string of the molecule is COc1cn(-c2ccccc2)nc1C(=O)OCCn1cccn1. The fraction of sp³-hybridized carbons (Fsp3) is 0.188. The van der Waals surface area contributed by atoms with Gasteiger partial charge in [0.05, 0.1) is 25.5 Å².